The summed E-state index contributed by atoms with van der Waals surface area (Å²) < 4.78 is 0. The molecule has 5 atom stereocenters. The Bertz CT molecular complexity index is 487. The van der Waals surface area contributed by atoms with Crippen LogP contribution in [0.2, 0.25) is 0 Å². The predicted molar refractivity (Wildman–Crippen MR) is 102 cm³/mol. The van der Waals surface area contributed by atoms with E-state index in [1.165, 1.54) is 0 Å². The second-order valence-corrected chi connectivity index (χ2v) is 7.91. The van der Waals surface area contributed by atoms with Gasteiger partial charge in [0.1, 0.15) is 11.7 Å². The van der Waals surface area contributed by atoms with Gasteiger partial charge in [-0.2, -0.15) is 0 Å². The Balaban J connectivity index is 2.72. The molecule has 1 aliphatic rings. The molecule has 0 radical (unpaired) electrons. The van der Waals surface area contributed by atoms with Crippen molar-refractivity contribution in [2.24, 2.45) is 17.8 Å². The lowest BCUT2D eigenvalue weighted by molar-refractivity contribution is -0.424. The van der Waals surface area contributed by atoms with Crippen molar-refractivity contribution < 1.29 is 24.5 Å². The van der Waals surface area contributed by atoms with Gasteiger partial charge in [-0.15, -0.1) is 0 Å². The van der Waals surface area contributed by atoms with E-state index in [9.17, 15) is 9.59 Å². The summed E-state index contributed by atoms with van der Waals surface area (Å²) >= 11 is 0. The van der Waals surface area contributed by atoms with E-state index in [1.807, 2.05) is 6.08 Å². The fourth-order valence-electron chi connectivity index (χ4n) is 4.02. The van der Waals surface area contributed by atoms with Gasteiger partial charge in [0.2, 0.25) is 0 Å². The normalized spacial score (nSPS) is 28.8. The minimum Gasteiger partial charge on any atom is -0.481 e. The second kappa shape index (κ2) is 10.8. The zero-order valence-corrected chi connectivity index (χ0v) is 17.0. The van der Waals surface area contributed by atoms with Crippen LogP contribution in [0, 0.1) is 17.8 Å². The van der Waals surface area contributed by atoms with Crippen LogP contribution in [-0.4, -0.2) is 28.6 Å². The highest BCUT2D eigenvalue weighted by atomic mass is 17.2. The third-order valence-corrected chi connectivity index (χ3v) is 5.61. The summed E-state index contributed by atoms with van der Waals surface area (Å²) in [6, 6.07) is 0. The third-order valence-electron chi connectivity index (χ3n) is 5.61. The monoisotopic (exact) mass is 368 g/mol. The van der Waals surface area contributed by atoms with Crippen molar-refractivity contribution >= 4 is 11.8 Å². The molecule has 0 amide bonds. The molecular weight excluding hydrogens is 332 g/mol. The first-order chi connectivity index (χ1) is 12.2. The summed E-state index contributed by atoms with van der Waals surface area (Å²) in [5, 5.41) is 9.06. The van der Waals surface area contributed by atoms with Gasteiger partial charge >= 0.3 is 5.97 Å². The van der Waals surface area contributed by atoms with Crippen molar-refractivity contribution in [3.05, 3.63) is 12.2 Å². The Morgan fingerprint density at radius 3 is 2.50 bits per heavy atom. The number of carbonyl (C=O) groups excluding carboxylic acids is 1. The zero-order chi connectivity index (χ0) is 19.7. The molecule has 1 rings (SSSR count). The molecule has 1 heterocycles. The van der Waals surface area contributed by atoms with Crippen molar-refractivity contribution in [2.75, 3.05) is 0 Å². The fourth-order valence-corrected chi connectivity index (χ4v) is 4.02. The van der Waals surface area contributed by atoms with Crippen LogP contribution >= 0.6 is 0 Å². The Labute approximate surface area is 158 Å². The van der Waals surface area contributed by atoms with Crippen molar-refractivity contribution in [2.45, 2.75) is 91.3 Å². The summed E-state index contributed by atoms with van der Waals surface area (Å²) in [6.07, 6.45) is 8.75. The number of hydrogen-bond acceptors (Lipinski definition) is 4. The van der Waals surface area contributed by atoms with Gasteiger partial charge in [0.25, 0.3) is 0 Å². The zero-order valence-electron chi connectivity index (χ0n) is 17.0. The van der Waals surface area contributed by atoms with Gasteiger partial charge in [0, 0.05) is 0 Å². The van der Waals surface area contributed by atoms with Gasteiger partial charge in [-0.25, -0.2) is 9.78 Å². The molecule has 5 nitrogen and oxygen atoms in total. The summed E-state index contributed by atoms with van der Waals surface area (Å²) in [7, 11) is 0. The molecule has 1 N–H and O–H groups in total. The number of carboxylic acids is 1. The molecule has 5 heteroatoms. The van der Waals surface area contributed by atoms with Crippen LogP contribution in [0.1, 0.15) is 79.6 Å². The van der Waals surface area contributed by atoms with Crippen LogP contribution in [0.3, 0.4) is 0 Å². The summed E-state index contributed by atoms with van der Waals surface area (Å²) in [6.45, 7) is 10.1. The van der Waals surface area contributed by atoms with E-state index >= 15 is 0 Å². The van der Waals surface area contributed by atoms with Crippen LogP contribution in [0.15, 0.2) is 12.2 Å². The average molecular weight is 369 g/mol. The number of rotatable bonds is 11. The second-order valence-electron chi connectivity index (χ2n) is 7.91. The summed E-state index contributed by atoms with van der Waals surface area (Å²) in [5.74, 6) is 0.243. The van der Waals surface area contributed by atoms with Gasteiger partial charge in [0.15, 0.2) is 5.78 Å². The van der Waals surface area contributed by atoms with Crippen LogP contribution in [0.5, 0.6) is 0 Å². The Morgan fingerprint density at radius 2 is 2.00 bits per heavy atom. The van der Waals surface area contributed by atoms with E-state index in [0.29, 0.717) is 11.8 Å². The molecule has 0 aromatic rings. The number of allylic oxidation sites excluding steroid dienone is 2. The molecule has 0 saturated carbocycles. The fraction of sp³-hybridized carbons (Fsp3) is 0.810. The molecule has 26 heavy (non-hydrogen) atoms. The van der Waals surface area contributed by atoms with Crippen LogP contribution < -0.4 is 0 Å². The molecule has 0 spiro atoms. The highest BCUT2D eigenvalue weighted by molar-refractivity contribution is 5.87. The highest BCUT2D eigenvalue weighted by Crippen LogP contribution is 2.41. The molecule has 0 aromatic heterocycles. The number of carbonyl (C=O) groups is 2. The summed E-state index contributed by atoms with van der Waals surface area (Å²) in [4.78, 5) is 33.6. The minimum atomic E-state index is -0.850. The van der Waals surface area contributed by atoms with E-state index in [-0.39, 0.29) is 29.8 Å². The van der Waals surface area contributed by atoms with Crippen molar-refractivity contribution in [1.82, 2.24) is 0 Å². The average Bonchev–Trinajstić information content (AvgIpc) is 2.59. The maximum Gasteiger partial charge on any atom is 0.306 e. The maximum atomic E-state index is 11.2. The van der Waals surface area contributed by atoms with E-state index < -0.39 is 5.97 Å². The van der Waals surface area contributed by atoms with E-state index in [1.54, 1.807) is 13.0 Å². The highest BCUT2D eigenvalue weighted by Gasteiger charge is 2.43. The molecular formula is C21H36O5. The number of aliphatic carboxylic acids is 1. The van der Waals surface area contributed by atoms with Crippen LogP contribution in [0.25, 0.3) is 0 Å². The smallest absolute Gasteiger partial charge is 0.306 e. The van der Waals surface area contributed by atoms with Gasteiger partial charge in [-0.3, -0.25) is 9.59 Å². The maximum absolute atomic E-state index is 11.2. The molecule has 0 bridgehead atoms. The Morgan fingerprint density at radius 1 is 1.31 bits per heavy atom. The standard InChI is InChI=1S/C21H36O5/c1-6-17(10-9-16(5)22)11-15(4)13-21(8-3)14-18(7-2)19(25-26-21)12-20(23)24/h9-10,15,17-19H,6-8,11-14H2,1-5H3,(H,23,24)/b10-9+/t15-,17+,18-,19-,21+/m0/s1. The number of hydrogen-bond donors (Lipinski definition) is 1. The molecule has 150 valence electrons. The predicted octanol–water partition coefficient (Wildman–Crippen LogP) is 4.94. The Kier molecular flexibility index (Phi) is 9.51. The lowest BCUT2D eigenvalue weighted by atomic mass is 9.76. The third kappa shape index (κ3) is 7.20. The number of ketones is 1. The van der Waals surface area contributed by atoms with Crippen LogP contribution in [-0.2, 0) is 19.4 Å². The van der Waals surface area contributed by atoms with Gasteiger partial charge in [-0.05, 0) is 62.9 Å². The Hall–Kier alpha value is -1.20. The molecule has 0 aliphatic carbocycles. The number of carboxylic acid groups (broad SMARTS) is 1. The van der Waals surface area contributed by atoms with Gasteiger partial charge < -0.3 is 5.11 Å². The van der Waals surface area contributed by atoms with Crippen molar-refractivity contribution in [3.63, 3.8) is 0 Å². The minimum absolute atomic E-state index is 0.0123. The molecule has 0 unspecified atom stereocenters. The molecule has 1 saturated heterocycles. The molecule has 1 fully saturated rings. The molecule has 1 aliphatic heterocycles. The lowest BCUT2D eigenvalue weighted by Crippen LogP contribution is -2.46. The quantitative estimate of drug-likeness (QED) is 0.413. The largest absolute Gasteiger partial charge is 0.481 e. The van der Waals surface area contributed by atoms with Gasteiger partial charge in [0.05, 0.1) is 6.42 Å². The first-order valence-electron chi connectivity index (χ1n) is 10.00. The van der Waals surface area contributed by atoms with E-state index in [4.69, 9.17) is 14.9 Å². The first-order valence-corrected chi connectivity index (χ1v) is 10.00. The van der Waals surface area contributed by atoms with Crippen molar-refractivity contribution in [3.8, 4) is 0 Å². The molecule has 0 aromatic carbocycles. The first kappa shape index (κ1) is 22.8. The topological polar surface area (TPSA) is 72.8 Å². The van der Waals surface area contributed by atoms with Gasteiger partial charge in [-0.1, -0.05) is 40.2 Å². The lowest BCUT2D eigenvalue weighted by Gasteiger charge is -2.43. The SMILES string of the molecule is CC[C@H](/C=C/C(C)=O)C[C@H](C)C[C@]1(CC)C[C@H](CC)[C@H](CC(=O)O)OO1. The van der Waals surface area contributed by atoms with E-state index in [2.05, 4.69) is 27.7 Å². The van der Waals surface area contributed by atoms with E-state index in [0.717, 1.165) is 38.5 Å². The van der Waals surface area contributed by atoms with Crippen molar-refractivity contribution in [1.29, 1.82) is 0 Å². The summed E-state index contributed by atoms with van der Waals surface area (Å²) in [5.41, 5.74) is -0.350. The van der Waals surface area contributed by atoms with Crippen LogP contribution in [0.4, 0.5) is 0 Å².